The summed E-state index contributed by atoms with van der Waals surface area (Å²) in [6.45, 7) is 7.66. The lowest BCUT2D eigenvalue weighted by atomic mass is 9.84. The van der Waals surface area contributed by atoms with Gasteiger partial charge in [0, 0.05) is 12.0 Å². The summed E-state index contributed by atoms with van der Waals surface area (Å²) in [5.41, 5.74) is 1.07. The standard InChI is InChI=1S/C16H21NO4S/c1-5-21-15(18)16(10-12(4)11(2)3)13-8-6-7-9-14(13)22(19,20)17-16/h6-9,17H,5,10H2,1-4H3/t16-/m1/s1. The Hall–Kier alpha value is -1.66. The Morgan fingerprint density at radius 1 is 1.23 bits per heavy atom. The van der Waals surface area contributed by atoms with Crippen LogP contribution < -0.4 is 4.72 Å². The molecule has 0 amide bonds. The van der Waals surface area contributed by atoms with Gasteiger partial charge in [-0.05, 0) is 33.8 Å². The fraction of sp³-hybridized carbons (Fsp3) is 0.438. The van der Waals surface area contributed by atoms with Crippen molar-refractivity contribution in [3.8, 4) is 0 Å². The van der Waals surface area contributed by atoms with E-state index in [2.05, 4.69) is 4.72 Å². The molecule has 1 N–H and O–H groups in total. The van der Waals surface area contributed by atoms with Gasteiger partial charge in [-0.3, -0.25) is 0 Å². The lowest BCUT2D eigenvalue weighted by Gasteiger charge is -2.28. The van der Waals surface area contributed by atoms with Crippen LogP contribution in [0.2, 0.25) is 0 Å². The zero-order valence-corrected chi connectivity index (χ0v) is 14.1. The largest absolute Gasteiger partial charge is 0.464 e. The van der Waals surface area contributed by atoms with Crippen molar-refractivity contribution in [2.75, 3.05) is 6.61 Å². The van der Waals surface area contributed by atoms with Crippen molar-refractivity contribution >= 4 is 16.0 Å². The maximum atomic E-state index is 12.6. The highest BCUT2D eigenvalue weighted by Gasteiger charge is 2.53. The van der Waals surface area contributed by atoms with Gasteiger partial charge in [0.1, 0.15) is 0 Å². The zero-order valence-electron chi connectivity index (χ0n) is 13.3. The summed E-state index contributed by atoms with van der Waals surface area (Å²) in [7, 11) is -3.72. The van der Waals surface area contributed by atoms with Crippen molar-refractivity contribution in [3.05, 3.63) is 41.0 Å². The summed E-state index contributed by atoms with van der Waals surface area (Å²) in [4.78, 5) is 12.7. The second-order valence-electron chi connectivity index (χ2n) is 5.68. The molecular weight excluding hydrogens is 302 g/mol. The van der Waals surface area contributed by atoms with Crippen LogP contribution in [0.5, 0.6) is 0 Å². The third-order valence-corrected chi connectivity index (χ3v) is 5.50. The van der Waals surface area contributed by atoms with Crippen molar-refractivity contribution in [2.45, 2.75) is 44.6 Å². The van der Waals surface area contributed by atoms with Crippen molar-refractivity contribution in [3.63, 3.8) is 0 Å². The van der Waals surface area contributed by atoms with E-state index in [9.17, 15) is 13.2 Å². The molecule has 1 aromatic carbocycles. The Morgan fingerprint density at radius 2 is 1.86 bits per heavy atom. The number of hydrogen-bond donors (Lipinski definition) is 1. The van der Waals surface area contributed by atoms with E-state index in [4.69, 9.17) is 4.74 Å². The van der Waals surface area contributed by atoms with Gasteiger partial charge < -0.3 is 4.74 Å². The molecule has 6 heteroatoms. The Labute approximate surface area is 131 Å². The van der Waals surface area contributed by atoms with Crippen LogP contribution in [-0.2, 0) is 25.1 Å². The molecule has 0 spiro atoms. The topological polar surface area (TPSA) is 72.5 Å². The highest BCUT2D eigenvalue weighted by Crippen LogP contribution is 2.41. The fourth-order valence-corrected chi connectivity index (χ4v) is 4.20. The molecule has 22 heavy (non-hydrogen) atoms. The van der Waals surface area contributed by atoms with E-state index in [1.54, 1.807) is 25.1 Å². The van der Waals surface area contributed by atoms with Gasteiger partial charge in [-0.1, -0.05) is 29.3 Å². The molecule has 1 aliphatic rings. The Balaban J connectivity index is 2.67. The van der Waals surface area contributed by atoms with Gasteiger partial charge in [-0.2, -0.15) is 4.72 Å². The maximum Gasteiger partial charge on any atom is 0.332 e. The second-order valence-corrected chi connectivity index (χ2v) is 7.34. The van der Waals surface area contributed by atoms with E-state index in [0.29, 0.717) is 5.56 Å². The van der Waals surface area contributed by atoms with Crippen LogP contribution in [0.3, 0.4) is 0 Å². The first-order valence-corrected chi connectivity index (χ1v) is 8.66. The van der Waals surface area contributed by atoms with Crippen molar-refractivity contribution in [1.29, 1.82) is 0 Å². The predicted octanol–water partition coefficient (Wildman–Crippen LogP) is 2.48. The molecule has 0 radical (unpaired) electrons. The number of benzene rings is 1. The van der Waals surface area contributed by atoms with Crippen LogP contribution in [0.25, 0.3) is 0 Å². The number of esters is 1. The number of carbonyl (C=O) groups excluding carboxylic acids is 1. The molecule has 0 aliphatic carbocycles. The molecule has 1 atom stereocenters. The van der Waals surface area contributed by atoms with Gasteiger partial charge in [0.25, 0.3) is 0 Å². The van der Waals surface area contributed by atoms with Crippen molar-refractivity contribution in [2.24, 2.45) is 0 Å². The molecule has 1 aliphatic heterocycles. The molecule has 120 valence electrons. The molecule has 0 bridgehead atoms. The van der Waals surface area contributed by atoms with Gasteiger partial charge in [-0.15, -0.1) is 0 Å². The van der Waals surface area contributed by atoms with Gasteiger partial charge in [0.05, 0.1) is 11.5 Å². The molecule has 0 aromatic heterocycles. The number of allylic oxidation sites excluding steroid dienone is 1. The molecule has 1 heterocycles. The number of rotatable bonds is 4. The summed E-state index contributed by atoms with van der Waals surface area (Å²) < 4.78 is 32.5. The van der Waals surface area contributed by atoms with E-state index in [1.807, 2.05) is 20.8 Å². The Bertz CT molecular complexity index is 732. The van der Waals surface area contributed by atoms with E-state index in [-0.39, 0.29) is 17.9 Å². The van der Waals surface area contributed by atoms with E-state index >= 15 is 0 Å². The van der Waals surface area contributed by atoms with Gasteiger partial charge in [0.2, 0.25) is 10.0 Å². The van der Waals surface area contributed by atoms with Crippen LogP contribution in [0, 0.1) is 0 Å². The first-order valence-electron chi connectivity index (χ1n) is 7.18. The van der Waals surface area contributed by atoms with Crippen molar-refractivity contribution < 1.29 is 17.9 Å². The van der Waals surface area contributed by atoms with Crippen LogP contribution in [0.15, 0.2) is 40.3 Å². The van der Waals surface area contributed by atoms with Gasteiger partial charge in [0.15, 0.2) is 5.54 Å². The molecular formula is C16H21NO4S. The Kier molecular flexibility index (Phi) is 4.44. The summed E-state index contributed by atoms with van der Waals surface area (Å²) in [6, 6.07) is 6.55. The average Bonchev–Trinajstić information content (AvgIpc) is 2.68. The summed E-state index contributed by atoms with van der Waals surface area (Å²) in [5, 5.41) is 0. The number of nitrogens with one attached hydrogen (secondary N) is 1. The summed E-state index contributed by atoms with van der Waals surface area (Å²) in [5.74, 6) is -0.566. The van der Waals surface area contributed by atoms with Crippen molar-refractivity contribution in [1.82, 2.24) is 4.72 Å². The lowest BCUT2D eigenvalue weighted by Crippen LogP contribution is -2.48. The number of hydrogen-bond acceptors (Lipinski definition) is 4. The van der Waals surface area contributed by atoms with Crippen LogP contribution in [-0.4, -0.2) is 21.0 Å². The lowest BCUT2D eigenvalue weighted by molar-refractivity contribution is -0.150. The molecule has 5 nitrogen and oxygen atoms in total. The maximum absolute atomic E-state index is 12.6. The van der Waals surface area contributed by atoms with Gasteiger partial charge >= 0.3 is 5.97 Å². The minimum Gasteiger partial charge on any atom is -0.464 e. The second kappa shape index (κ2) is 5.85. The molecule has 0 saturated heterocycles. The highest BCUT2D eigenvalue weighted by atomic mass is 32.2. The Morgan fingerprint density at radius 3 is 2.45 bits per heavy atom. The average molecular weight is 323 g/mol. The first kappa shape index (κ1) is 16.7. The molecule has 0 unspecified atom stereocenters. The minimum absolute atomic E-state index is 0.143. The third-order valence-electron chi connectivity index (χ3n) is 3.95. The highest BCUT2D eigenvalue weighted by molar-refractivity contribution is 7.90. The molecule has 2 rings (SSSR count). The van der Waals surface area contributed by atoms with Crippen LogP contribution >= 0.6 is 0 Å². The first-order chi connectivity index (χ1) is 10.2. The van der Waals surface area contributed by atoms with E-state index in [0.717, 1.165) is 11.1 Å². The predicted molar refractivity (Wildman–Crippen MR) is 83.7 cm³/mol. The summed E-state index contributed by atoms with van der Waals surface area (Å²) >= 11 is 0. The van der Waals surface area contributed by atoms with E-state index in [1.165, 1.54) is 6.07 Å². The number of fused-ring (bicyclic) bond motifs is 1. The number of sulfonamides is 1. The fourth-order valence-electron chi connectivity index (χ4n) is 2.58. The zero-order chi connectivity index (χ0) is 16.5. The minimum atomic E-state index is -3.72. The monoisotopic (exact) mass is 323 g/mol. The number of carbonyl (C=O) groups is 1. The third kappa shape index (κ3) is 2.68. The summed E-state index contributed by atoms with van der Waals surface area (Å²) in [6.07, 6.45) is 0.254. The number of ether oxygens (including phenoxy) is 1. The van der Waals surface area contributed by atoms with E-state index < -0.39 is 21.5 Å². The van der Waals surface area contributed by atoms with Crippen LogP contribution in [0.1, 0.15) is 39.7 Å². The smallest absolute Gasteiger partial charge is 0.332 e. The SMILES string of the molecule is CCOC(=O)[C@]1(CC(C)=C(C)C)NS(=O)(=O)c2ccccc21. The van der Waals surface area contributed by atoms with Gasteiger partial charge in [-0.25, -0.2) is 13.2 Å². The normalized spacial score (nSPS) is 22.0. The quantitative estimate of drug-likeness (QED) is 0.682. The molecule has 0 saturated carbocycles. The molecule has 1 aromatic rings. The van der Waals surface area contributed by atoms with Crippen LogP contribution in [0.4, 0.5) is 0 Å². The molecule has 0 fully saturated rings.